The van der Waals surface area contributed by atoms with Crippen LogP contribution < -0.4 is 10.0 Å². The summed E-state index contributed by atoms with van der Waals surface area (Å²) < 4.78 is 31.7. The maximum Gasteiger partial charge on any atom is 0.293 e. The third kappa shape index (κ3) is 5.16. The van der Waals surface area contributed by atoms with Crippen LogP contribution in [-0.4, -0.2) is 62.7 Å². The number of sulfonamides is 1. The second-order valence-corrected chi connectivity index (χ2v) is 9.36. The molecule has 2 unspecified atom stereocenters. The van der Waals surface area contributed by atoms with Gasteiger partial charge in [-0.05, 0) is 46.9 Å². The van der Waals surface area contributed by atoms with Crippen molar-refractivity contribution in [1.29, 1.82) is 0 Å². The summed E-state index contributed by atoms with van der Waals surface area (Å²) in [6.07, 6.45) is 0.238. The van der Waals surface area contributed by atoms with Crippen molar-refractivity contribution >= 4 is 21.4 Å². The van der Waals surface area contributed by atoms with E-state index in [2.05, 4.69) is 28.8 Å². The minimum atomic E-state index is -3.75. The third-order valence-corrected chi connectivity index (χ3v) is 6.14. The lowest BCUT2D eigenvalue weighted by Crippen LogP contribution is -2.57. The molecule has 0 saturated carbocycles. The molecule has 1 saturated heterocycles. The van der Waals surface area contributed by atoms with Crippen LogP contribution in [0.1, 0.15) is 27.7 Å². The predicted molar refractivity (Wildman–Crippen MR) is 103 cm³/mol. The topological polar surface area (TPSA) is 114 Å². The Bertz CT molecular complexity index is 787. The van der Waals surface area contributed by atoms with Crippen LogP contribution in [0.5, 0.6) is 0 Å². The Labute approximate surface area is 160 Å². The van der Waals surface area contributed by atoms with Gasteiger partial charge in [0.1, 0.15) is 5.69 Å². The number of nitrogens with zero attached hydrogens (tertiary/aromatic N) is 2. The van der Waals surface area contributed by atoms with Gasteiger partial charge in [-0.2, -0.15) is 0 Å². The highest BCUT2D eigenvalue weighted by atomic mass is 32.2. The molecule has 2 atom stereocenters. The van der Waals surface area contributed by atoms with Crippen LogP contribution in [-0.2, 0) is 14.8 Å². The van der Waals surface area contributed by atoms with Crippen LogP contribution >= 0.6 is 0 Å². The Morgan fingerprint density at radius 1 is 1.30 bits per heavy atom. The third-order valence-electron chi connectivity index (χ3n) is 4.73. The van der Waals surface area contributed by atoms with Crippen molar-refractivity contribution < 1.29 is 18.1 Å². The summed E-state index contributed by atoms with van der Waals surface area (Å²) in [4.78, 5) is 13.0. The molecule has 0 radical (unpaired) electrons. The van der Waals surface area contributed by atoms with E-state index in [1.807, 2.05) is 13.8 Å². The van der Waals surface area contributed by atoms with Gasteiger partial charge in [-0.3, -0.25) is 15.0 Å². The van der Waals surface area contributed by atoms with Crippen LogP contribution in [0.2, 0.25) is 0 Å². The van der Waals surface area contributed by atoms with Gasteiger partial charge < -0.3 is 10.1 Å². The predicted octanol–water partition coefficient (Wildman–Crippen LogP) is 1.80. The number of benzene rings is 1. The van der Waals surface area contributed by atoms with E-state index in [0.29, 0.717) is 6.54 Å². The van der Waals surface area contributed by atoms with Crippen LogP contribution in [0.25, 0.3) is 0 Å². The molecule has 1 aromatic carbocycles. The highest BCUT2D eigenvalue weighted by Crippen LogP contribution is 2.29. The number of anilines is 1. The molecule has 10 heteroatoms. The standard InChI is InChI=1S/C17H28N4O5S/c1-12-9-20(10-13(2)26-12)17(3,4)11-19-15-7-6-14(27(24,25)18-5)8-16(15)21(22)23/h6-8,12-13,18-19H,9-11H2,1-5H3. The Morgan fingerprint density at radius 2 is 1.89 bits per heavy atom. The zero-order chi connectivity index (χ0) is 20.4. The number of nitrogens with one attached hydrogen (secondary N) is 2. The zero-order valence-corrected chi connectivity index (χ0v) is 17.2. The molecule has 9 nitrogen and oxygen atoms in total. The van der Waals surface area contributed by atoms with E-state index in [-0.39, 0.29) is 34.0 Å². The molecule has 2 N–H and O–H groups in total. The number of rotatable bonds is 7. The number of morpholine rings is 1. The molecule has 0 spiro atoms. The van der Waals surface area contributed by atoms with Gasteiger partial charge in [-0.1, -0.05) is 0 Å². The van der Waals surface area contributed by atoms with Crippen LogP contribution in [0, 0.1) is 10.1 Å². The van der Waals surface area contributed by atoms with Gasteiger partial charge in [0.05, 0.1) is 22.0 Å². The average molecular weight is 401 g/mol. The first kappa shape index (κ1) is 21.5. The lowest BCUT2D eigenvalue weighted by molar-refractivity contribution is -0.384. The van der Waals surface area contributed by atoms with E-state index >= 15 is 0 Å². The fourth-order valence-electron chi connectivity index (χ4n) is 3.19. The number of ether oxygens (including phenoxy) is 1. The lowest BCUT2D eigenvalue weighted by Gasteiger charge is -2.45. The minimum Gasteiger partial charge on any atom is -0.378 e. The van der Waals surface area contributed by atoms with Crippen molar-refractivity contribution in [1.82, 2.24) is 9.62 Å². The van der Waals surface area contributed by atoms with Gasteiger partial charge in [-0.15, -0.1) is 0 Å². The number of nitro benzene ring substituents is 1. The van der Waals surface area contributed by atoms with Crippen molar-refractivity contribution in [3.63, 3.8) is 0 Å². The van der Waals surface area contributed by atoms with E-state index in [1.54, 1.807) is 0 Å². The normalized spacial score (nSPS) is 21.8. The first-order chi connectivity index (χ1) is 12.5. The van der Waals surface area contributed by atoms with Crippen LogP contribution in [0.4, 0.5) is 11.4 Å². The fraction of sp³-hybridized carbons (Fsp3) is 0.647. The van der Waals surface area contributed by atoms with Crippen molar-refractivity contribution in [3.05, 3.63) is 28.3 Å². The van der Waals surface area contributed by atoms with E-state index in [9.17, 15) is 18.5 Å². The van der Waals surface area contributed by atoms with E-state index < -0.39 is 14.9 Å². The van der Waals surface area contributed by atoms with Gasteiger partial charge in [0.15, 0.2) is 0 Å². The minimum absolute atomic E-state index is 0.119. The first-order valence-electron chi connectivity index (χ1n) is 8.82. The monoisotopic (exact) mass is 400 g/mol. The summed E-state index contributed by atoms with van der Waals surface area (Å²) in [5.74, 6) is 0. The van der Waals surface area contributed by atoms with E-state index in [4.69, 9.17) is 4.74 Å². The summed E-state index contributed by atoms with van der Waals surface area (Å²) in [5, 5.41) is 14.5. The van der Waals surface area contributed by atoms with Gasteiger partial charge in [0, 0.05) is 31.2 Å². The smallest absolute Gasteiger partial charge is 0.293 e. The molecule has 0 amide bonds. The van der Waals surface area contributed by atoms with Crippen molar-refractivity contribution in [2.75, 3.05) is 32.0 Å². The van der Waals surface area contributed by atoms with E-state index in [1.165, 1.54) is 19.2 Å². The van der Waals surface area contributed by atoms with Crippen molar-refractivity contribution in [2.45, 2.75) is 50.3 Å². The molecular formula is C17H28N4O5S. The molecule has 1 fully saturated rings. The molecule has 1 aromatic rings. The van der Waals surface area contributed by atoms with Crippen molar-refractivity contribution in [2.24, 2.45) is 0 Å². The SMILES string of the molecule is CNS(=O)(=O)c1ccc(NCC(C)(C)N2CC(C)OC(C)C2)c([N+](=O)[O-])c1. The molecule has 1 heterocycles. The van der Waals surface area contributed by atoms with Crippen LogP contribution in [0.3, 0.4) is 0 Å². The van der Waals surface area contributed by atoms with E-state index in [0.717, 1.165) is 19.2 Å². The van der Waals surface area contributed by atoms with Gasteiger partial charge in [0.25, 0.3) is 5.69 Å². The molecule has 1 aliphatic rings. The Kier molecular flexibility index (Phi) is 6.46. The molecule has 0 bridgehead atoms. The maximum atomic E-state index is 11.9. The second kappa shape index (κ2) is 8.09. The van der Waals surface area contributed by atoms with Gasteiger partial charge >= 0.3 is 0 Å². The zero-order valence-electron chi connectivity index (χ0n) is 16.4. The summed E-state index contributed by atoms with van der Waals surface area (Å²) in [6.45, 7) is 10.2. The quantitative estimate of drug-likeness (QED) is 0.530. The molecule has 1 aliphatic heterocycles. The van der Waals surface area contributed by atoms with Crippen molar-refractivity contribution in [3.8, 4) is 0 Å². The number of nitro groups is 1. The highest BCUT2D eigenvalue weighted by Gasteiger charge is 2.33. The largest absolute Gasteiger partial charge is 0.378 e. The molecule has 27 heavy (non-hydrogen) atoms. The molecule has 152 valence electrons. The Hall–Kier alpha value is -1.75. The van der Waals surface area contributed by atoms with Crippen LogP contribution in [0.15, 0.2) is 23.1 Å². The first-order valence-corrected chi connectivity index (χ1v) is 10.3. The number of hydrogen-bond acceptors (Lipinski definition) is 7. The second-order valence-electron chi connectivity index (χ2n) is 7.47. The Balaban J connectivity index is 2.20. The number of hydrogen-bond donors (Lipinski definition) is 2. The molecule has 0 aliphatic carbocycles. The average Bonchev–Trinajstić information content (AvgIpc) is 2.59. The fourth-order valence-corrected chi connectivity index (χ4v) is 3.94. The summed E-state index contributed by atoms with van der Waals surface area (Å²) in [7, 11) is -2.48. The molecule has 0 aromatic heterocycles. The molecule has 2 rings (SSSR count). The summed E-state index contributed by atoms with van der Waals surface area (Å²) in [6, 6.07) is 3.86. The lowest BCUT2D eigenvalue weighted by atomic mass is 10.00. The Morgan fingerprint density at radius 3 is 2.41 bits per heavy atom. The van der Waals surface area contributed by atoms with Gasteiger partial charge in [0.2, 0.25) is 10.0 Å². The summed E-state index contributed by atoms with van der Waals surface area (Å²) >= 11 is 0. The van der Waals surface area contributed by atoms with Gasteiger partial charge in [-0.25, -0.2) is 13.1 Å². The maximum absolute atomic E-state index is 11.9. The highest BCUT2D eigenvalue weighted by molar-refractivity contribution is 7.89. The summed E-state index contributed by atoms with van der Waals surface area (Å²) in [5.41, 5.74) is -0.251. The molecular weight excluding hydrogens is 372 g/mol.